The molecule has 0 saturated heterocycles. The Morgan fingerprint density at radius 2 is 1.63 bits per heavy atom. The Kier molecular flexibility index (Phi) is 4.39. The van der Waals surface area contributed by atoms with Crippen molar-refractivity contribution in [2.45, 2.75) is 27.2 Å². The summed E-state index contributed by atoms with van der Waals surface area (Å²) < 4.78 is 6.29. The van der Waals surface area contributed by atoms with E-state index in [1.807, 2.05) is 24.4 Å². The molecule has 5 rings (SSSR count). The first kappa shape index (κ1) is 18.6. The van der Waals surface area contributed by atoms with Crippen LogP contribution < -0.4 is 0 Å². The van der Waals surface area contributed by atoms with Crippen LogP contribution in [0.2, 0.25) is 0 Å². The van der Waals surface area contributed by atoms with Crippen LogP contribution in [0.25, 0.3) is 44.6 Å². The Labute approximate surface area is 176 Å². The van der Waals surface area contributed by atoms with Crippen molar-refractivity contribution in [2.24, 2.45) is 5.41 Å². The van der Waals surface area contributed by atoms with Crippen molar-refractivity contribution in [3.8, 4) is 22.5 Å². The van der Waals surface area contributed by atoms with Gasteiger partial charge in [-0.25, -0.2) is 4.98 Å². The van der Waals surface area contributed by atoms with Gasteiger partial charge in [0.05, 0.1) is 11.4 Å². The molecule has 3 aromatic heterocycles. The Balaban J connectivity index is 1.64. The number of furan rings is 1. The van der Waals surface area contributed by atoms with Gasteiger partial charge in [-0.2, -0.15) is 0 Å². The van der Waals surface area contributed by atoms with Crippen LogP contribution in [0.3, 0.4) is 0 Å². The van der Waals surface area contributed by atoms with Crippen molar-refractivity contribution >= 4 is 22.1 Å². The number of hydrogen-bond donors (Lipinski definition) is 0. The molecule has 0 amide bonds. The summed E-state index contributed by atoms with van der Waals surface area (Å²) in [6.07, 6.45) is 2.89. The highest BCUT2D eigenvalue weighted by Crippen LogP contribution is 2.36. The summed E-state index contributed by atoms with van der Waals surface area (Å²) in [7, 11) is 0. The van der Waals surface area contributed by atoms with Gasteiger partial charge >= 0.3 is 0 Å². The molecule has 148 valence electrons. The van der Waals surface area contributed by atoms with E-state index >= 15 is 0 Å². The molecule has 0 spiro atoms. The van der Waals surface area contributed by atoms with Gasteiger partial charge in [0, 0.05) is 28.1 Å². The smallest absolute Gasteiger partial charge is 0.227 e. The van der Waals surface area contributed by atoms with Gasteiger partial charge in [-0.05, 0) is 47.7 Å². The zero-order chi connectivity index (χ0) is 20.7. The van der Waals surface area contributed by atoms with Crippen LogP contribution in [0.1, 0.15) is 26.3 Å². The molecule has 0 radical (unpaired) electrons. The molecular weight excluding hydrogens is 368 g/mol. The van der Waals surface area contributed by atoms with Crippen LogP contribution in [0.4, 0.5) is 0 Å². The van der Waals surface area contributed by atoms with E-state index in [1.165, 1.54) is 5.56 Å². The zero-order valence-corrected chi connectivity index (χ0v) is 17.5. The quantitative estimate of drug-likeness (QED) is 0.323. The van der Waals surface area contributed by atoms with Gasteiger partial charge in [-0.15, -0.1) is 0 Å². The standard InChI is InChI=1S/C27H24N2O/c1-27(2,3)17-18-14-15-28-24(16-18)22-11-7-10-20-21-12-13-23(19-8-5-4-6-9-19)29-26(21)30-25(20)22/h4-16H,17H2,1-3H3. The minimum atomic E-state index is 0.224. The molecule has 0 fully saturated rings. The van der Waals surface area contributed by atoms with E-state index in [4.69, 9.17) is 9.40 Å². The molecule has 0 N–H and O–H groups in total. The van der Waals surface area contributed by atoms with E-state index in [1.54, 1.807) is 0 Å². The molecule has 0 unspecified atom stereocenters. The summed E-state index contributed by atoms with van der Waals surface area (Å²) in [6, 6.07) is 24.8. The normalized spacial score (nSPS) is 12.0. The molecule has 5 aromatic rings. The van der Waals surface area contributed by atoms with Crippen LogP contribution in [0.15, 0.2) is 83.4 Å². The van der Waals surface area contributed by atoms with Gasteiger partial charge in [0.1, 0.15) is 5.58 Å². The fourth-order valence-electron chi connectivity index (χ4n) is 3.99. The maximum atomic E-state index is 6.29. The van der Waals surface area contributed by atoms with E-state index in [0.29, 0.717) is 5.71 Å². The molecular formula is C27H24N2O. The topological polar surface area (TPSA) is 38.9 Å². The van der Waals surface area contributed by atoms with Crippen molar-refractivity contribution in [1.29, 1.82) is 0 Å². The van der Waals surface area contributed by atoms with E-state index in [0.717, 1.165) is 45.3 Å². The van der Waals surface area contributed by atoms with Gasteiger partial charge in [0.2, 0.25) is 5.71 Å². The first-order valence-electron chi connectivity index (χ1n) is 10.3. The SMILES string of the molecule is CC(C)(C)Cc1ccnc(-c2cccc3c2oc2nc(-c4ccccc4)ccc23)c1. The Morgan fingerprint density at radius 3 is 2.43 bits per heavy atom. The molecule has 2 aromatic carbocycles. The van der Waals surface area contributed by atoms with Crippen LogP contribution in [-0.2, 0) is 6.42 Å². The Bertz CT molecular complexity index is 1340. The van der Waals surface area contributed by atoms with Gasteiger partial charge in [0.25, 0.3) is 0 Å². The van der Waals surface area contributed by atoms with Crippen molar-refractivity contribution in [1.82, 2.24) is 9.97 Å². The number of aromatic nitrogens is 2. The first-order valence-corrected chi connectivity index (χ1v) is 10.3. The molecule has 0 atom stereocenters. The molecule has 3 heteroatoms. The van der Waals surface area contributed by atoms with Crippen molar-refractivity contribution in [3.05, 3.63) is 84.6 Å². The van der Waals surface area contributed by atoms with Gasteiger partial charge in [-0.1, -0.05) is 63.2 Å². The van der Waals surface area contributed by atoms with Crippen LogP contribution in [0, 0.1) is 5.41 Å². The van der Waals surface area contributed by atoms with Crippen LogP contribution in [0.5, 0.6) is 0 Å². The van der Waals surface area contributed by atoms with Crippen molar-refractivity contribution in [3.63, 3.8) is 0 Å². The highest BCUT2D eigenvalue weighted by molar-refractivity contribution is 6.08. The summed E-state index contributed by atoms with van der Waals surface area (Å²) in [5.41, 5.74) is 6.93. The van der Waals surface area contributed by atoms with Gasteiger partial charge in [0.15, 0.2) is 0 Å². The molecule has 0 saturated carbocycles. The minimum absolute atomic E-state index is 0.224. The highest BCUT2D eigenvalue weighted by Gasteiger charge is 2.16. The van der Waals surface area contributed by atoms with Crippen LogP contribution in [-0.4, -0.2) is 9.97 Å². The number of benzene rings is 2. The second-order valence-corrected chi connectivity index (χ2v) is 8.99. The minimum Gasteiger partial charge on any atom is -0.437 e. The zero-order valence-electron chi connectivity index (χ0n) is 17.5. The summed E-state index contributed by atoms with van der Waals surface area (Å²) in [5, 5.41) is 2.09. The average molecular weight is 393 g/mol. The second kappa shape index (κ2) is 7.10. The second-order valence-electron chi connectivity index (χ2n) is 8.99. The lowest BCUT2D eigenvalue weighted by atomic mass is 9.88. The Hall–Kier alpha value is -3.46. The number of para-hydroxylation sites is 1. The molecule has 0 bridgehead atoms. The summed E-state index contributed by atoms with van der Waals surface area (Å²) in [5.74, 6) is 0. The maximum absolute atomic E-state index is 6.29. The molecule has 0 aliphatic carbocycles. The lowest BCUT2D eigenvalue weighted by molar-refractivity contribution is 0.411. The summed E-state index contributed by atoms with van der Waals surface area (Å²) >= 11 is 0. The van der Waals surface area contributed by atoms with Gasteiger partial charge in [-0.3, -0.25) is 4.98 Å². The first-order chi connectivity index (χ1) is 14.5. The molecule has 0 aliphatic heterocycles. The number of fused-ring (bicyclic) bond motifs is 3. The fourth-order valence-corrected chi connectivity index (χ4v) is 3.99. The average Bonchev–Trinajstić information content (AvgIpc) is 3.11. The monoisotopic (exact) mass is 392 g/mol. The van der Waals surface area contributed by atoms with Crippen molar-refractivity contribution < 1.29 is 4.42 Å². The number of nitrogens with zero attached hydrogens (tertiary/aromatic N) is 2. The predicted molar refractivity (Wildman–Crippen MR) is 123 cm³/mol. The van der Waals surface area contributed by atoms with E-state index in [-0.39, 0.29) is 5.41 Å². The van der Waals surface area contributed by atoms with E-state index in [9.17, 15) is 0 Å². The number of hydrogen-bond acceptors (Lipinski definition) is 3. The molecule has 30 heavy (non-hydrogen) atoms. The summed E-state index contributed by atoms with van der Waals surface area (Å²) in [4.78, 5) is 9.44. The van der Waals surface area contributed by atoms with Crippen LogP contribution >= 0.6 is 0 Å². The Morgan fingerprint density at radius 1 is 0.800 bits per heavy atom. The largest absolute Gasteiger partial charge is 0.437 e. The van der Waals surface area contributed by atoms with E-state index in [2.05, 4.69) is 80.4 Å². The predicted octanol–water partition coefficient (Wildman–Crippen LogP) is 7.30. The summed E-state index contributed by atoms with van der Waals surface area (Å²) in [6.45, 7) is 6.76. The highest BCUT2D eigenvalue weighted by atomic mass is 16.3. The number of pyridine rings is 2. The third-order valence-corrected chi connectivity index (χ3v) is 5.27. The number of rotatable bonds is 3. The third kappa shape index (κ3) is 3.48. The fraction of sp³-hybridized carbons (Fsp3) is 0.185. The van der Waals surface area contributed by atoms with Crippen molar-refractivity contribution in [2.75, 3.05) is 0 Å². The van der Waals surface area contributed by atoms with Gasteiger partial charge < -0.3 is 4.42 Å². The lowest BCUT2D eigenvalue weighted by Gasteiger charge is -2.18. The third-order valence-electron chi connectivity index (χ3n) is 5.27. The lowest BCUT2D eigenvalue weighted by Crippen LogP contribution is -2.09. The van der Waals surface area contributed by atoms with E-state index < -0.39 is 0 Å². The molecule has 0 aliphatic rings. The maximum Gasteiger partial charge on any atom is 0.227 e. The molecule has 3 nitrogen and oxygen atoms in total. The molecule has 3 heterocycles.